The predicted molar refractivity (Wildman–Crippen MR) is 72.7 cm³/mol. The maximum Gasteiger partial charge on any atom is 0.0542 e. The van der Waals surface area contributed by atoms with Crippen molar-refractivity contribution in [1.29, 1.82) is 0 Å². The summed E-state index contributed by atoms with van der Waals surface area (Å²) < 4.78 is 12.1. The molecule has 0 bridgehead atoms. The largest absolute Gasteiger partial charge is 0.302 e. The SMILES string of the molecule is Cc1ccc(S(=O)CCN2CCCCC2)cc1. The van der Waals surface area contributed by atoms with Gasteiger partial charge in [0.15, 0.2) is 0 Å². The Kier molecular flexibility index (Phi) is 4.75. The van der Waals surface area contributed by atoms with E-state index in [-0.39, 0.29) is 0 Å². The average molecular weight is 251 g/mol. The van der Waals surface area contributed by atoms with Crippen molar-refractivity contribution >= 4 is 10.8 Å². The molecular formula is C14H21NOS. The van der Waals surface area contributed by atoms with Crippen LogP contribution in [-0.2, 0) is 10.8 Å². The first-order valence-electron chi connectivity index (χ1n) is 6.43. The molecule has 0 spiro atoms. The van der Waals surface area contributed by atoms with Crippen molar-refractivity contribution in [1.82, 2.24) is 4.90 Å². The fourth-order valence-electron chi connectivity index (χ4n) is 2.20. The van der Waals surface area contributed by atoms with Crippen LogP contribution in [0.5, 0.6) is 0 Å². The van der Waals surface area contributed by atoms with E-state index in [1.165, 1.54) is 37.9 Å². The molecule has 0 radical (unpaired) electrons. The van der Waals surface area contributed by atoms with Gasteiger partial charge in [-0.15, -0.1) is 0 Å². The highest BCUT2D eigenvalue weighted by Crippen LogP contribution is 2.11. The molecule has 1 atom stereocenters. The van der Waals surface area contributed by atoms with Gasteiger partial charge in [0.05, 0.1) is 10.8 Å². The lowest BCUT2D eigenvalue weighted by atomic mass is 10.1. The monoisotopic (exact) mass is 251 g/mol. The van der Waals surface area contributed by atoms with E-state index in [9.17, 15) is 4.21 Å². The van der Waals surface area contributed by atoms with Gasteiger partial charge >= 0.3 is 0 Å². The zero-order valence-electron chi connectivity index (χ0n) is 10.5. The number of rotatable bonds is 4. The fourth-order valence-corrected chi connectivity index (χ4v) is 3.30. The molecule has 1 heterocycles. The van der Waals surface area contributed by atoms with Gasteiger partial charge in [0.25, 0.3) is 0 Å². The van der Waals surface area contributed by atoms with Gasteiger partial charge < -0.3 is 4.90 Å². The van der Waals surface area contributed by atoms with Crippen LogP contribution in [0.25, 0.3) is 0 Å². The third-order valence-electron chi connectivity index (χ3n) is 3.33. The van der Waals surface area contributed by atoms with Gasteiger partial charge in [-0.1, -0.05) is 24.1 Å². The van der Waals surface area contributed by atoms with Crippen LogP contribution in [-0.4, -0.2) is 34.5 Å². The molecule has 1 saturated heterocycles. The van der Waals surface area contributed by atoms with Crippen LogP contribution in [0.2, 0.25) is 0 Å². The first-order chi connectivity index (χ1) is 8.25. The van der Waals surface area contributed by atoms with Crippen molar-refractivity contribution in [2.45, 2.75) is 31.1 Å². The predicted octanol–water partition coefficient (Wildman–Crippen LogP) is 2.59. The molecule has 0 aliphatic carbocycles. The first-order valence-corrected chi connectivity index (χ1v) is 7.75. The number of hydrogen-bond acceptors (Lipinski definition) is 2. The summed E-state index contributed by atoms with van der Waals surface area (Å²) in [5, 5.41) is 0. The summed E-state index contributed by atoms with van der Waals surface area (Å²) in [6.07, 6.45) is 3.96. The average Bonchev–Trinajstić information content (AvgIpc) is 2.38. The zero-order valence-corrected chi connectivity index (χ0v) is 11.3. The van der Waals surface area contributed by atoms with E-state index in [4.69, 9.17) is 0 Å². The number of hydrogen-bond donors (Lipinski definition) is 0. The second-order valence-corrected chi connectivity index (χ2v) is 6.34. The standard InChI is InChI=1S/C14H21NOS/c1-13-5-7-14(8-6-13)17(16)12-11-15-9-3-2-4-10-15/h5-8H,2-4,9-12H2,1H3. The number of benzene rings is 1. The van der Waals surface area contributed by atoms with Crippen molar-refractivity contribution in [3.63, 3.8) is 0 Å². The minimum atomic E-state index is -0.835. The quantitative estimate of drug-likeness (QED) is 0.820. The van der Waals surface area contributed by atoms with Gasteiger partial charge in [0.1, 0.15) is 0 Å². The van der Waals surface area contributed by atoms with Crippen LogP contribution in [0.4, 0.5) is 0 Å². The lowest BCUT2D eigenvalue weighted by Gasteiger charge is -2.25. The van der Waals surface area contributed by atoms with E-state index in [0.29, 0.717) is 0 Å². The molecule has 0 saturated carbocycles. The van der Waals surface area contributed by atoms with Crippen LogP contribution in [0.1, 0.15) is 24.8 Å². The highest BCUT2D eigenvalue weighted by molar-refractivity contribution is 7.85. The number of piperidine rings is 1. The van der Waals surface area contributed by atoms with Crippen LogP contribution < -0.4 is 0 Å². The van der Waals surface area contributed by atoms with Gasteiger partial charge in [0, 0.05) is 17.2 Å². The van der Waals surface area contributed by atoms with Gasteiger partial charge in [-0.2, -0.15) is 0 Å². The topological polar surface area (TPSA) is 20.3 Å². The molecule has 94 valence electrons. The summed E-state index contributed by atoms with van der Waals surface area (Å²) in [6, 6.07) is 8.05. The van der Waals surface area contributed by atoms with Gasteiger partial charge in [0.2, 0.25) is 0 Å². The number of likely N-dealkylation sites (tertiary alicyclic amines) is 1. The summed E-state index contributed by atoms with van der Waals surface area (Å²) >= 11 is 0. The van der Waals surface area contributed by atoms with E-state index < -0.39 is 10.8 Å². The Morgan fingerprint density at radius 2 is 1.76 bits per heavy atom. The molecule has 0 N–H and O–H groups in total. The molecule has 0 aromatic heterocycles. The Hall–Kier alpha value is -0.670. The Morgan fingerprint density at radius 3 is 2.41 bits per heavy atom. The molecule has 1 fully saturated rings. The minimum absolute atomic E-state index is 0.767. The number of aryl methyl sites for hydroxylation is 1. The van der Waals surface area contributed by atoms with Crippen molar-refractivity contribution in [3.8, 4) is 0 Å². The van der Waals surface area contributed by atoms with Crippen molar-refractivity contribution in [2.24, 2.45) is 0 Å². The zero-order chi connectivity index (χ0) is 12.1. The molecule has 2 rings (SSSR count). The van der Waals surface area contributed by atoms with E-state index in [0.717, 1.165) is 17.2 Å². The fraction of sp³-hybridized carbons (Fsp3) is 0.571. The summed E-state index contributed by atoms with van der Waals surface area (Å²) in [6.45, 7) is 5.40. The molecular weight excluding hydrogens is 230 g/mol. The van der Waals surface area contributed by atoms with Crippen LogP contribution in [0.15, 0.2) is 29.2 Å². The van der Waals surface area contributed by atoms with Gasteiger partial charge in [-0.3, -0.25) is 4.21 Å². The molecule has 0 amide bonds. The smallest absolute Gasteiger partial charge is 0.0542 e. The Labute approximate surface area is 106 Å². The first kappa shape index (κ1) is 12.8. The Bertz CT molecular complexity index is 368. The third-order valence-corrected chi connectivity index (χ3v) is 4.68. The van der Waals surface area contributed by atoms with E-state index in [1.807, 2.05) is 24.3 Å². The Morgan fingerprint density at radius 1 is 1.12 bits per heavy atom. The van der Waals surface area contributed by atoms with Gasteiger partial charge in [-0.25, -0.2) is 0 Å². The normalized spacial score (nSPS) is 19.1. The summed E-state index contributed by atoms with van der Waals surface area (Å²) in [5.74, 6) is 0.767. The maximum absolute atomic E-state index is 12.1. The number of nitrogens with zero attached hydrogens (tertiary/aromatic N) is 1. The maximum atomic E-state index is 12.1. The molecule has 1 aromatic rings. The minimum Gasteiger partial charge on any atom is -0.302 e. The van der Waals surface area contributed by atoms with E-state index in [2.05, 4.69) is 11.8 Å². The van der Waals surface area contributed by atoms with Crippen molar-refractivity contribution < 1.29 is 4.21 Å². The highest BCUT2D eigenvalue weighted by atomic mass is 32.2. The molecule has 3 heteroatoms. The lowest BCUT2D eigenvalue weighted by Crippen LogP contribution is -2.33. The Balaban J connectivity index is 1.82. The lowest BCUT2D eigenvalue weighted by molar-refractivity contribution is 0.241. The molecule has 2 nitrogen and oxygen atoms in total. The molecule has 1 aromatic carbocycles. The summed E-state index contributed by atoms with van der Waals surface area (Å²) in [5.41, 5.74) is 1.22. The summed E-state index contributed by atoms with van der Waals surface area (Å²) in [7, 11) is -0.835. The molecule has 17 heavy (non-hydrogen) atoms. The second-order valence-electron chi connectivity index (χ2n) is 4.76. The highest BCUT2D eigenvalue weighted by Gasteiger charge is 2.11. The molecule has 1 unspecified atom stereocenters. The van der Waals surface area contributed by atoms with Crippen molar-refractivity contribution in [3.05, 3.63) is 29.8 Å². The van der Waals surface area contributed by atoms with Crippen LogP contribution >= 0.6 is 0 Å². The van der Waals surface area contributed by atoms with Crippen LogP contribution in [0, 0.1) is 6.92 Å². The van der Waals surface area contributed by atoms with E-state index in [1.54, 1.807) is 0 Å². The third kappa shape index (κ3) is 3.93. The van der Waals surface area contributed by atoms with Gasteiger partial charge in [-0.05, 0) is 45.0 Å². The van der Waals surface area contributed by atoms with Crippen molar-refractivity contribution in [2.75, 3.05) is 25.4 Å². The van der Waals surface area contributed by atoms with Crippen LogP contribution in [0.3, 0.4) is 0 Å². The molecule has 1 aliphatic heterocycles. The van der Waals surface area contributed by atoms with E-state index >= 15 is 0 Å². The molecule has 1 aliphatic rings. The second kappa shape index (κ2) is 6.31. The summed E-state index contributed by atoms with van der Waals surface area (Å²) in [4.78, 5) is 3.41.